The fraction of sp³-hybridized carbons (Fsp3) is 0.128. The van der Waals surface area contributed by atoms with Crippen LogP contribution in [0.3, 0.4) is 0 Å². The number of aromatic nitrogens is 1. The molecule has 0 saturated heterocycles. The number of para-hydroxylation sites is 1. The molecule has 6 aromatic rings. The van der Waals surface area contributed by atoms with Crippen molar-refractivity contribution in [1.82, 2.24) is 4.57 Å². The highest BCUT2D eigenvalue weighted by molar-refractivity contribution is 7.81. The molecular weight excluding hydrogens is 543 g/mol. The number of anilines is 1. The van der Waals surface area contributed by atoms with Crippen LogP contribution in [0.25, 0.3) is 44.2 Å². The molecule has 2 aliphatic heterocycles. The number of benzene rings is 5. The normalized spacial score (nSPS) is 21.8. The van der Waals surface area contributed by atoms with Gasteiger partial charge in [0.2, 0.25) is 7.29 Å². The molecule has 0 N–H and O–H groups in total. The van der Waals surface area contributed by atoms with Gasteiger partial charge in [0.05, 0.1) is 22.3 Å². The number of fused-ring (bicyclic) bond motifs is 14. The van der Waals surface area contributed by atoms with Gasteiger partial charge in [-0.1, -0.05) is 83.9 Å². The van der Waals surface area contributed by atoms with E-state index in [4.69, 9.17) is 0 Å². The van der Waals surface area contributed by atoms with Crippen LogP contribution in [0, 0.1) is 13.8 Å². The fourth-order valence-electron chi connectivity index (χ4n) is 7.92. The number of allylic oxidation sites excluding steroid dienone is 2. The minimum Gasteiger partial charge on any atom is -0.310 e. The van der Waals surface area contributed by atoms with Crippen molar-refractivity contribution < 1.29 is 4.57 Å². The lowest BCUT2D eigenvalue weighted by Gasteiger charge is -2.55. The van der Waals surface area contributed by atoms with Gasteiger partial charge >= 0.3 is 0 Å². The predicted octanol–water partition coefficient (Wildman–Crippen LogP) is 9.23. The lowest BCUT2D eigenvalue weighted by Crippen LogP contribution is -2.55. The monoisotopic (exact) mass is 574 g/mol. The van der Waals surface area contributed by atoms with Crippen molar-refractivity contribution in [3.05, 3.63) is 138 Å². The van der Waals surface area contributed by atoms with Crippen LogP contribution < -0.4 is 15.3 Å². The van der Waals surface area contributed by atoms with E-state index in [1.54, 1.807) is 0 Å². The molecule has 0 spiro atoms. The van der Waals surface area contributed by atoms with Gasteiger partial charge in [0, 0.05) is 32.6 Å². The molecule has 9 rings (SSSR count). The first kappa shape index (κ1) is 25.0. The average Bonchev–Trinajstić information content (AvgIpc) is 3.33. The summed E-state index contributed by atoms with van der Waals surface area (Å²) in [5, 5.41) is 4.42. The molecule has 0 fully saturated rings. The number of hydrogen-bond acceptors (Lipinski definition) is 1. The van der Waals surface area contributed by atoms with Crippen LogP contribution in [0.4, 0.5) is 5.69 Å². The van der Waals surface area contributed by atoms with Gasteiger partial charge in [0.1, 0.15) is 0 Å². The van der Waals surface area contributed by atoms with Crippen molar-refractivity contribution in [1.29, 1.82) is 0 Å². The SMILES string of the molecule is Cc1ccc2c(c1)c1cc(C)ccc1n2C1=CCC2(C)C(=C1)c1ccccc1P1(=O)c3ccccc3-c3ccccc3N21. The Balaban J connectivity index is 1.35. The molecule has 2 atom stereocenters. The number of hydrogen-bond donors (Lipinski definition) is 0. The Kier molecular flexibility index (Phi) is 4.93. The van der Waals surface area contributed by atoms with Gasteiger partial charge in [0.15, 0.2) is 0 Å². The zero-order chi connectivity index (χ0) is 29.1. The highest BCUT2D eigenvalue weighted by atomic mass is 31.2. The van der Waals surface area contributed by atoms with Gasteiger partial charge in [-0.05, 0) is 92.4 Å². The summed E-state index contributed by atoms with van der Waals surface area (Å²) in [7, 11) is -3.20. The standard InChI is InChI=1S/C39H31N2OP/c1-25-16-18-34-31(22-25)32-23-26(2)17-19-35(32)40(34)27-20-21-39(3)33(24-27)30-12-6-9-15-38(30)43(42)37-14-8-5-11-29(37)28-10-4-7-13-36(28)41(39)43/h4-20,22-24H,21H2,1-3H3. The number of rotatable bonds is 1. The predicted molar refractivity (Wildman–Crippen MR) is 182 cm³/mol. The lowest BCUT2D eigenvalue weighted by molar-refractivity contribution is 0.550. The maximum Gasteiger partial charge on any atom is 0.231 e. The first-order valence-electron chi connectivity index (χ1n) is 15.0. The molecule has 208 valence electrons. The van der Waals surface area contributed by atoms with E-state index in [1.807, 2.05) is 12.1 Å². The summed E-state index contributed by atoms with van der Waals surface area (Å²) >= 11 is 0. The van der Waals surface area contributed by atoms with Crippen LogP contribution in [0.5, 0.6) is 0 Å². The number of aryl methyl sites for hydroxylation is 2. The summed E-state index contributed by atoms with van der Waals surface area (Å²) < 4.78 is 20.6. The maximum atomic E-state index is 15.9. The summed E-state index contributed by atoms with van der Waals surface area (Å²) in [6.07, 6.45) is 5.47. The summed E-state index contributed by atoms with van der Waals surface area (Å²) in [4.78, 5) is 0. The van der Waals surface area contributed by atoms with Crippen LogP contribution in [-0.4, -0.2) is 10.1 Å². The van der Waals surface area contributed by atoms with Crippen molar-refractivity contribution in [3.8, 4) is 11.1 Å². The second kappa shape index (κ2) is 8.49. The summed E-state index contributed by atoms with van der Waals surface area (Å²) in [6.45, 7) is 6.62. The van der Waals surface area contributed by atoms with E-state index < -0.39 is 12.8 Å². The molecule has 43 heavy (non-hydrogen) atoms. The maximum absolute atomic E-state index is 15.9. The topological polar surface area (TPSA) is 25.2 Å². The first-order valence-corrected chi connectivity index (χ1v) is 16.7. The molecule has 4 heteroatoms. The highest BCUT2D eigenvalue weighted by Gasteiger charge is 2.56. The third-order valence-corrected chi connectivity index (χ3v) is 13.1. The Morgan fingerprint density at radius 3 is 1.91 bits per heavy atom. The van der Waals surface area contributed by atoms with Crippen LogP contribution in [0.1, 0.15) is 30.0 Å². The third kappa shape index (κ3) is 3.13. The van der Waals surface area contributed by atoms with Crippen molar-refractivity contribution in [2.45, 2.75) is 32.7 Å². The Bertz CT molecular complexity index is 2240. The minimum absolute atomic E-state index is 0.497. The molecule has 0 saturated carbocycles. The van der Waals surface area contributed by atoms with Crippen LogP contribution in [0.15, 0.2) is 121 Å². The molecule has 3 nitrogen and oxygen atoms in total. The Morgan fingerprint density at radius 2 is 1.23 bits per heavy atom. The van der Waals surface area contributed by atoms with Gasteiger partial charge in [-0.15, -0.1) is 0 Å². The fourth-order valence-corrected chi connectivity index (χ4v) is 11.5. The first-order chi connectivity index (χ1) is 20.9. The third-order valence-electron chi connectivity index (χ3n) is 9.84. The van der Waals surface area contributed by atoms with Crippen LogP contribution >= 0.6 is 7.29 Å². The van der Waals surface area contributed by atoms with Gasteiger partial charge in [-0.3, -0.25) is 4.57 Å². The van der Waals surface area contributed by atoms with E-state index in [9.17, 15) is 0 Å². The van der Waals surface area contributed by atoms with Crippen molar-refractivity contribution >= 4 is 56.7 Å². The molecule has 5 aromatic carbocycles. The van der Waals surface area contributed by atoms with Crippen molar-refractivity contribution in [2.24, 2.45) is 0 Å². The van der Waals surface area contributed by atoms with E-state index in [1.165, 1.54) is 38.5 Å². The largest absolute Gasteiger partial charge is 0.310 e. The molecule has 0 radical (unpaired) electrons. The van der Waals surface area contributed by atoms with Gasteiger partial charge in [-0.2, -0.15) is 0 Å². The molecule has 1 aliphatic carbocycles. The quantitative estimate of drug-likeness (QED) is 0.183. The van der Waals surface area contributed by atoms with E-state index in [0.717, 1.165) is 45.1 Å². The molecule has 3 heterocycles. The second-order valence-electron chi connectivity index (χ2n) is 12.5. The highest BCUT2D eigenvalue weighted by Crippen LogP contribution is 2.67. The molecular formula is C39H31N2OP. The molecule has 2 unspecified atom stereocenters. The molecule has 0 bridgehead atoms. The smallest absolute Gasteiger partial charge is 0.231 e. The van der Waals surface area contributed by atoms with Gasteiger partial charge in [0.25, 0.3) is 0 Å². The second-order valence-corrected chi connectivity index (χ2v) is 15.0. The van der Waals surface area contributed by atoms with Gasteiger partial charge < -0.3 is 9.24 Å². The average molecular weight is 575 g/mol. The Hall–Kier alpha value is -4.59. The molecule has 3 aliphatic rings. The van der Waals surface area contributed by atoms with Crippen LogP contribution in [-0.2, 0) is 4.57 Å². The zero-order valence-electron chi connectivity index (χ0n) is 24.5. The summed E-state index contributed by atoms with van der Waals surface area (Å²) in [6, 6.07) is 38.8. The van der Waals surface area contributed by atoms with Crippen LogP contribution in [0.2, 0.25) is 0 Å². The van der Waals surface area contributed by atoms with E-state index >= 15 is 4.57 Å². The van der Waals surface area contributed by atoms with Crippen molar-refractivity contribution in [2.75, 3.05) is 4.67 Å². The molecule has 1 aromatic heterocycles. The van der Waals surface area contributed by atoms with E-state index in [0.29, 0.717) is 0 Å². The van der Waals surface area contributed by atoms with E-state index in [-0.39, 0.29) is 0 Å². The van der Waals surface area contributed by atoms with Gasteiger partial charge in [-0.25, -0.2) is 0 Å². The Morgan fingerprint density at radius 1 is 0.674 bits per heavy atom. The summed E-state index contributed by atoms with van der Waals surface area (Å²) in [5.41, 5.74) is 11.2. The molecule has 0 amide bonds. The number of nitrogens with zero attached hydrogens (tertiary/aromatic N) is 2. The van der Waals surface area contributed by atoms with E-state index in [2.05, 4.69) is 139 Å². The minimum atomic E-state index is -3.20. The zero-order valence-corrected chi connectivity index (χ0v) is 25.4. The lowest BCUT2D eigenvalue weighted by atomic mass is 9.79. The summed E-state index contributed by atoms with van der Waals surface area (Å²) in [5.74, 6) is 0. The van der Waals surface area contributed by atoms with Crippen molar-refractivity contribution in [3.63, 3.8) is 0 Å². The Labute approximate surface area is 251 Å².